The molecule has 1 aromatic rings. The summed E-state index contributed by atoms with van der Waals surface area (Å²) in [6.45, 7) is -0.558. The second-order valence-corrected chi connectivity index (χ2v) is 5.08. The molecule has 1 rings (SSSR count). The van der Waals surface area contributed by atoms with Crippen LogP contribution in [-0.2, 0) is 4.79 Å². The van der Waals surface area contributed by atoms with Crippen molar-refractivity contribution in [3.8, 4) is 0 Å². The van der Waals surface area contributed by atoms with E-state index >= 15 is 0 Å². The smallest absolute Gasteiger partial charge is 0.399 e. The molecule has 0 spiro atoms. The van der Waals surface area contributed by atoms with Crippen molar-refractivity contribution in [3.63, 3.8) is 0 Å². The summed E-state index contributed by atoms with van der Waals surface area (Å²) in [4.78, 5) is 22.6. The predicted octanol–water partition coefficient (Wildman–Crippen LogP) is 2.36. The normalized spacial score (nSPS) is 11.9. The molecule has 0 radical (unpaired) electrons. The molecule has 0 aliphatic carbocycles. The lowest BCUT2D eigenvalue weighted by Gasteiger charge is -2.18. The minimum Gasteiger partial charge on any atom is -0.399 e. The number of amides is 2. The molecule has 0 fully saturated rings. The molecule has 2 amide bonds. The summed E-state index contributed by atoms with van der Waals surface area (Å²) in [5, 5.41) is 3.97. The standard InChI is InChI=1S/C13H13ClF5N3O2/c14-9-3-2-7(20)6-8(9)10(23)21-4-1-5-22-11(24)12(15,16)13(17,18)19/h2-3,6H,1,4-5,20H2,(H,21,23)(H,22,24). The van der Waals surface area contributed by atoms with Gasteiger partial charge in [-0.15, -0.1) is 0 Å². The van der Waals surface area contributed by atoms with Crippen LogP contribution in [0.3, 0.4) is 0 Å². The maximum Gasteiger partial charge on any atom is 0.463 e. The number of halogens is 6. The highest BCUT2D eigenvalue weighted by atomic mass is 35.5. The Labute approximate surface area is 138 Å². The topological polar surface area (TPSA) is 84.2 Å². The zero-order valence-corrected chi connectivity index (χ0v) is 12.8. The lowest BCUT2D eigenvalue weighted by atomic mass is 10.2. The van der Waals surface area contributed by atoms with E-state index in [0.717, 1.165) is 0 Å². The molecular formula is C13H13ClF5N3O2. The minimum atomic E-state index is -5.96. The van der Waals surface area contributed by atoms with Crippen molar-refractivity contribution in [3.05, 3.63) is 28.8 Å². The molecule has 0 bridgehead atoms. The second-order valence-electron chi connectivity index (χ2n) is 4.68. The molecule has 0 unspecified atom stereocenters. The third kappa shape index (κ3) is 4.95. The molecular weight excluding hydrogens is 361 g/mol. The Morgan fingerprint density at radius 1 is 1.08 bits per heavy atom. The number of nitrogen functional groups attached to an aromatic ring is 1. The molecule has 134 valence electrons. The Bertz CT molecular complexity index is 622. The molecule has 0 aliphatic rings. The summed E-state index contributed by atoms with van der Waals surface area (Å²) in [7, 11) is 0. The van der Waals surface area contributed by atoms with Crippen molar-refractivity contribution in [2.75, 3.05) is 18.8 Å². The number of hydrogen-bond donors (Lipinski definition) is 3. The fraction of sp³-hybridized carbons (Fsp3) is 0.385. The minimum absolute atomic E-state index is 0.0641. The Kier molecular flexibility index (Phi) is 6.35. The fourth-order valence-electron chi connectivity index (χ4n) is 1.54. The summed E-state index contributed by atoms with van der Waals surface area (Å²) in [5.74, 6) is -8.51. The van der Waals surface area contributed by atoms with E-state index < -0.39 is 30.5 Å². The zero-order valence-electron chi connectivity index (χ0n) is 12.0. The van der Waals surface area contributed by atoms with Crippen molar-refractivity contribution in [1.29, 1.82) is 0 Å². The summed E-state index contributed by atoms with van der Waals surface area (Å²) in [6.07, 6.45) is -6.03. The van der Waals surface area contributed by atoms with Crippen molar-refractivity contribution >= 4 is 29.1 Å². The van der Waals surface area contributed by atoms with E-state index in [2.05, 4.69) is 5.32 Å². The molecule has 0 atom stereocenters. The average molecular weight is 374 g/mol. The molecule has 5 nitrogen and oxygen atoms in total. The van der Waals surface area contributed by atoms with Crippen LogP contribution < -0.4 is 16.4 Å². The Balaban J connectivity index is 2.40. The van der Waals surface area contributed by atoms with Gasteiger partial charge in [-0.1, -0.05) is 11.6 Å². The van der Waals surface area contributed by atoms with Crippen molar-refractivity contribution in [1.82, 2.24) is 10.6 Å². The first-order valence-corrected chi connectivity index (χ1v) is 6.90. The van der Waals surface area contributed by atoms with Crippen molar-refractivity contribution in [2.45, 2.75) is 18.5 Å². The first-order valence-electron chi connectivity index (χ1n) is 6.53. The van der Waals surface area contributed by atoms with Gasteiger partial charge in [0.1, 0.15) is 0 Å². The van der Waals surface area contributed by atoms with Crippen LogP contribution in [0.2, 0.25) is 5.02 Å². The molecule has 0 saturated heterocycles. The molecule has 0 aromatic heterocycles. The van der Waals surface area contributed by atoms with Crippen molar-refractivity contribution < 1.29 is 31.5 Å². The number of carbonyl (C=O) groups is 2. The lowest BCUT2D eigenvalue weighted by molar-refractivity contribution is -0.269. The molecule has 0 saturated carbocycles. The average Bonchev–Trinajstić information content (AvgIpc) is 2.47. The second kappa shape index (κ2) is 7.65. The molecule has 0 heterocycles. The number of alkyl halides is 5. The maximum absolute atomic E-state index is 12.6. The van der Waals surface area contributed by atoms with Crippen LogP contribution in [0.1, 0.15) is 16.8 Å². The first-order chi connectivity index (χ1) is 11.0. The van der Waals surface area contributed by atoms with Gasteiger partial charge in [0.15, 0.2) is 0 Å². The van der Waals surface area contributed by atoms with Crippen LogP contribution in [0.25, 0.3) is 0 Å². The van der Waals surface area contributed by atoms with Gasteiger partial charge in [0, 0.05) is 18.8 Å². The van der Waals surface area contributed by atoms with E-state index in [1.807, 2.05) is 0 Å². The number of nitrogens with two attached hydrogens (primary N) is 1. The van der Waals surface area contributed by atoms with Gasteiger partial charge in [-0.2, -0.15) is 22.0 Å². The molecule has 0 aliphatic heterocycles. The lowest BCUT2D eigenvalue weighted by Crippen LogP contribution is -2.50. The number of carbonyl (C=O) groups excluding carboxylic acids is 2. The highest BCUT2D eigenvalue weighted by Gasteiger charge is 2.63. The Morgan fingerprint density at radius 3 is 2.25 bits per heavy atom. The highest BCUT2D eigenvalue weighted by Crippen LogP contribution is 2.35. The maximum atomic E-state index is 12.6. The Morgan fingerprint density at radius 2 is 1.67 bits per heavy atom. The van der Waals surface area contributed by atoms with Gasteiger partial charge in [-0.25, -0.2) is 0 Å². The predicted molar refractivity (Wildman–Crippen MR) is 76.8 cm³/mol. The highest BCUT2D eigenvalue weighted by molar-refractivity contribution is 6.34. The quantitative estimate of drug-likeness (QED) is 0.406. The van der Waals surface area contributed by atoms with Gasteiger partial charge in [-0.3, -0.25) is 9.59 Å². The monoisotopic (exact) mass is 373 g/mol. The number of anilines is 1. The summed E-state index contributed by atoms with van der Waals surface area (Å²) < 4.78 is 61.1. The summed E-state index contributed by atoms with van der Waals surface area (Å²) in [5.41, 5.74) is 5.89. The first kappa shape index (κ1) is 19.9. The van der Waals surface area contributed by atoms with Gasteiger partial charge in [-0.05, 0) is 24.6 Å². The molecule has 1 aromatic carbocycles. The summed E-state index contributed by atoms with van der Waals surface area (Å²) in [6, 6.07) is 4.21. The number of rotatable bonds is 6. The van der Waals surface area contributed by atoms with Crippen LogP contribution in [0.4, 0.5) is 27.6 Å². The van der Waals surface area contributed by atoms with Gasteiger partial charge >= 0.3 is 12.1 Å². The van der Waals surface area contributed by atoms with Gasteiger partial charge < -0.3 is 16.4 Å². The largest absolute Gasteiger partial charge is 0.463 e. The number of benzene rings is 1. The third-order valence-corrected chi connectivity index (χ3v) is 3.13. The van der Waals surface area contributed by atoms with Gasteiger partial charge in [0.2, 0.25) is 0 Å². The van der Waals surface area contributed by atoms with E-state index in [0.29, 0.717) is 5.69 Å². The van der Waals surface area contributed by atoms with E-state index in [1.165, 1.54) is 23.5 Å². The zero-order chi connectivity index (χ0) is 18.5. The van der Waals surface area contributed by atoms with Crippen LogP contribution in [0, 0.1) is 0 Å². The van der Waals surface area contributed by atoms with Crippen LogP contribution >= 0.6 is 11.6 Å². The van der Waals surface area contributed by atoms with Crippen LogP contribution in [0.5, 0.6) is 0 Å². The van der Waals surface area contributed by atoms with E-state index in [4.69, 9.17) is 17.3 Å². The fourth-order valence-corrected chi connectivity index (χ4v) is 1.75. The van der Waals surface area contributed by atoms with Crippen LogP contribution in [0.15, 0.2) is 18.2 Å². The van der Waals surface area contributed by atoms with E-state index in [-0.39, 0.29) is 23.6 Å². The molecule has 24 heavy (non-hydrogen) atoms. The number of hydrogen-bond acceptors (Lipinski definition) is 3. The Hall–Kier alpha value is -2.10. The van der Waals surface area contributed by atoms with Gasteiger partial charge in [0.05, 0.1) is 10.6 Å². The van der Waals surface area contributed by atoms with E-state index in [9.17, 15) is 31.5 Å². The SMILES string of the molecule is Nc1ccc(Cl)c(C(=O)NCCCNC(=O)C(F)(F)C(F)(F)F)c1. The van der Waals surface area contributed by atoms with Crippen LogP contribution in [-0.4, -0.2) is 37.0 Å². The number of nitrogens with one attached hydrogen (secondary N) is 2. The van der Waals surface area contributed by atoms with Gasteiger partial charge in [0.25, 0.3) is 11.8 Å². The summed E-state index contributed by atoms with van der Waals surface area (Å²) >= 11 is 5.80. The molecule has 11 heteroatoms. The van der Waals surface area contributed by atoms with E-state index in [1.54, 1.807) is 0 Å². The van der Waals surface area contributed by atoms with Crippen molar-refractivity contribution in [2.24, 2.45) is 0 Å². The molecule has 4 N–H and O–H groups in total. The third-order valence-electron chi connectivity index (χ3n) is 2.80.